The summed E-state index contributed by atoms with van der Waals surface area (Å²) in [6.45, 7) is 6.55. The third kappa shape index (κ3) is 3.45. The summed E-state index contributed by atoms with van der Waals surface area (Å²) in [7, 11) is 0. The summed E-state index contributed by atoms with van der Waals surface area (Å²) in [6.07, 6.45) is 0.337. The second-order valence-corrected chi connectivity index (χ2v) is 5.50. The van der Waals surface area contributed by atoms with E-state index in [4.69, 9.17) is 0 Å². The number of nitrogens with one attached hydrogen (secondary N) is 1. The highest BCUT2D eigenvalue weighted by atomic mass is 19.1. The average molecular weight is 276 g/mol. The minimum Gasteiger partial charge on any atom is -0.393 e. The SMILES string of the molecule is Cc1cc(NCCC(O)C(C)C)c2cc(F)ccc2n1. The van der Waals surface area contributed by atoms with Gasteiger partial charge in [-0.05, 0) is 43.5 Å². The van der Waals surface area contributed by atoms with Crippen LogP contribution < -0.4 is 5.32 Å². The Morgan fingerprint density at radius 2 is 2.05 bits per heavy atom. The van der Waals surface area contributed by atoms with Gasteiger partial charge in [-0.25, -0.2) is 4.39 Å². The first-order valence-corrected chi connectivity index (χ1v) is 6.96. The van der Waals surface area contributed by atoms with Crippen LogP contribution >= 0.6 is 0 Å². The van der Waals surface area contributed by atoms with Gasteiger partial charge in [0.2, 0.25) is 0 Å². The van der Waals surface area contributed by atoms with E-state index in [1.807, 2.05) is 26.8 Å². The molecule has 0 amide bonds. The molecule has 0 saturated heterocycles. The molecule has 108 valence electrons. The number of rotatable bonds is 5. The summed E-state index contributed by atoms with van der Waals surface area (Å²) in [6, 6.07) is 6.50. The van der Waals surface area contributed by atoms with Gasteiger partial charge in [0.25, 0.3) is 0 Å². The summed E-state index contributed by atoms with van der Waals surface area (Å²) in [5, 5.41) is 13.9. The molecule has 0 spiro atoms. The molecular formula is C16H21FN2O. The lowest BCUT2D eigenvalue weighted by atomic mass is 10.0. The van der Waals surface area contributed by atoms with Gasteiger partial charge in [0.1, 0.15) is 5.82 Å². The Kier molecular flexibility index (Phi) is 4.55. The fourth-order valence-corrected chi connectivity index (χ4v) is 2.16. The van der Waals surface area contributed by atoms with E-state index in [-0.39, 0.29) is 17.8 Å². The first-order chi connectivity index (χ1) is 9.47. The highest BCUT2D eigenvalue weighted by Crippen LogP contribution is 2.24. The largest absolute Gasteiger partial charge is 0.393 e. The number of aliphatic hydroxyl groups excluding tert-OH is 1. The molecule has 3 nitrogen and oxygen atoms in total. The lowest BCUT2D eigenvalue weighted by Crippen LogP contribution is -2.19. The number of hydrogen-bond acceptors (Lipinski definition) is 3. The highest BCUT2D eigenvalue weighted by molar-refractivity contribution is 5.91. The number of pyridine rings is 1. The van der Waals surface area contributed by atoms with Crippen molar-refractivity contribution in [2.24, 2.45) is 5.92 Å². The maximum Gasteiger partial charge on any atom is 0.124 e. The predicted octanol–water partition coefficient (Wildman–Crippen LogP) is 3.50. The van der Waals surface area contributed by atoms with Crippen molar-refractivity contribution in [3.8, 4) is 0 Å². The smallest absolute Gasteiger partial charge is 0.124 e. The Morgan fingerprint density at radius 3 is 2.75 bits per heavy atom. The van der Waals surface area contributed by atoms with Crippen molar-refractivity contribution in [2.45, 2.75) is 33.3 Å². The van der Waals surface area contributed by atoms with Gasteiger partial charge in [-0.2, -0.15) is 0 Å². The summed E-state index contributed by atoms with van der Waals surface area (Å²) >= 11 is 0. The van der Waals surface area contributed by atoms with Gasteiger partial charge in [-0.15, -0.1) is 0 Å². The number of fused-ring (bicyclic) bond motifs is 1. The minimum absolute atomic E-state index is 0.241. The zero-order valence-electron chi connectivity index (χ0n) is 12.2. The van der Waals surface area contributed by atoms with E-state index in [0.29, 0.717) is 13.0 Å². The van der Waals surface area contributed by atoms with E-state index in [1.54, 1.807) is 6.07 Å². The van der Waals surface area contributed by atoms with Crippen molar-refractivity contribution < 1.29 is 9.50 Å². The third-order valence-corrected chi connectivity index (χ3v) is 3.42. The standard InChI is InChI=1S/C16H21FN2O/c1-10(2)16(20)6-7-18-15-8-11(3)19-14-5-4-12(17)9-13(14)15/h4-5,8-10,16,20H,6-7H2,1-3H3,(H,18,19). The Balaban J connectivity index is 2.18. The normalized spacial score (nSPS) is 12.9. The number of hydrogen-bond donors (Lipinski definition) is 2. The van der Waals surface area contributed by atoms with Gasteiger partial charge in [-0.1, -0.05) is 13.8 Å². The summed E-state index contributed by atoms with van der Waals surface area (Å²) < 4.78 is 13.4. The molecule has 0 fully saturated rings. The molecule has 1 aromatic heterocycles. The zero-order chi connectivity index (χ0) is 14.7. The third-order valence-electron chi connectivity index (χ3n) is 3.42. The predicted molar refractivity (Wildman–Crippen MR) is 80.4 cm³/mol. The molecule has 2 aromatic rings. The van der Waals surface area contributed by atoms with E-state index in [0.717, 1.165) is 22.3 Å². The van der Waals surface area contributed by atoms with Gasteiger partial charge in [-0.3, -0.25) is 4.98 Å². The van der Waals surface area contributed by atoms with Crippen molar-refractivity contribution in [3.63, 3.8) is 0 Å². The minimum atomic E-state index is -0.326. The molecule has 1 heterocycles. The fraction of sp³-hybridized carbons (Fsp3) is 0.438. The molecule has 1 aromatic carbocycles. The molecule has 0 aliphatic heterocycles. The van der Waals surface area contributed by atoms with Crippen LogP contribution in [0.15, 0.2) is 24.3 Å². The second kappa shape index (κ2) is 6.18. The number of aryl methyl sites for hydroxylation is 1. The molecule has 20 heavy (non-hydrogen) atoms. The van der Waals surface area contributed by atoms with Gasteiger partial charge >= 0.3 is 0 Å². The zero-order valence-corrected chi connectivity index (χ0v) is 12.2. The van der Waals surface area contributed by atoms with Crippen LogP contribution in [0.5, 0.6) is 0 Å². The lowest BCUT2D eigenvalue weighted by molar-refractivity contribution is 0.120. The van der Waals surface area contributed by atoms with E-state index < -0.39 is 0 Å². The Morgan fingerprint density at radius 1 is 1.30 bits per heavy atom. The molecule has 0 aliphatic rings. The topological polar surface area (TPSA) is 45.1 Å². The van der Waals surface area contributed by atoms with Crippen molar-refractivity contribution in [3.05, 3.63) is 35.8 Å². The fourth-order valence-electron chi connectivity index (χ4n) is 2.16. The van der Waals surface area contributed by atoms with Gasteiger partial charge in [0.05, 0.1) is 11.6 Å². The Bertz CT molecular complexity index is 598. The number of halogens is 1. The highest BCUT2D eigenvalue weighted by Gasteiger charge is 2.09. The molecule has 1 unspecified atom stereocenters. The summed E-state index contributed by atoms with van der Waals surface area (Å²) in [5.74, 6) is -0.0291. The van der Waals surface area contributed by atoms with Crippen molar-refractivity contribution in [1.29, 1.82) is 0 Å². The van der Waals surface area contributed by atoms with Crippen molar-refractivity contribution in [1.82, 2.24) is 4.98 Å². The van der Waals surface area contributed by atoms with Crippen LogP contribution in [0.2, 0.25) is 0 Å². The van der Waals surface area contributed by atoms with Crippen LogP contribution in [0.25, 0.3) is 10.9 Å². The second-order valence-electron chi connectivity index (χ2n) is 5.50. The molecular weight excluding hydrogens is 255 g/mol. The number of anilines is 1. The van der Waals surface area contributed by atoms with Gasteiger partial charge in [0, 0.05) is 23.3 Å². The molecule has 2 rings (SSSR count). The van der Waals surface area contributed by atoms with Crippen LogP contribution in [0, 0.1) is 18.7 Å². The molecule has 0 saturated carbocycles. The Labute approximate surface area is 118 Å². The quantitative estimate of drug-likeness (QED) is 0.878. The first kappa shape index (κ1) is 14.7. The van der Waals surface area contributed by atoms with Crippen LogP contribution in [0.4, 0.5) is 10.1 Å². The molecule has 0 radical (unpaired) electrons. The number of nitrogens with zero attached hydrogens (tertiary/aromatic N) is 1. The Hall–Kier alpha value is -1.68. The average Bonchev–Trinajstić information content (AvgIpc) is 2.39. The number of aromatic nitrogens is 1. The molecule has 0 aliphatic carbocycles. The van der Waals surface area contributed by atoms with Crippen LogP contribution in [0.1, 0.15) is 26.0 Å². The van der Waals surface area contributed by atoms with Gasteiger partial charge < -0.3 is 10.4 Å². The molecule has 0 bridgehead atoms. The maximum atomic E-state index is 13.4. The van der Waals surface area contributed by atoms with E-state index in [2.05, 4.69) is 10.3 Å². The lowest BCUT2D eigenvalue weighted by Gasteiger charge is -2.16. The molecule has 2 N–H and O–H groups in total. The van der Waals surface area contributed by atoms with Crippen molar-refractivity contribution >= 4 is 16.6 Å². The van der Waals surface area contributed by atoms with Crippen LogP contribution in [-0.4, -0.2) is 22.7 Å². The van der Waals surface area contributed by atoms with Crippen LogP contribution in [0.3, 0.4) is 0 Å². The van der Waals surface area contributed by atoms with E-state index >= 15 is 0 Å². The van der Waals surface area contributed by atoms with Gasteiger partial charge in [0.15, 0.2) is 0 Å². The molecule has 1 atom stereocenters. The monoisotopic (exact) mass is 276 g/mol. The van der Waals surface area contributed by atoms with E-state index in [1.165, 1.54) is 12.1 Å². The van der Waals surface area contributed by atoms with Crippen LogP contribution in [-0.2, 0) is 0 Å². The molecule has 4 heteroatoms. The first-order valence-electron chi connectivity index (χ1n) is 6.96. The number of aliphatic hydroxyl groups is 1. The van der Waals surface area contributed by atoms with E-state index in [9.17, 15) is 9.50 Å². The summed E-state index contributed by atoms with van der Waals surface area (Å²) in [5.41, 5.74) is 2.53. The maximum absolute atomic E-state index is 13.4. The number of benzene rings is 1. The van der Waals surface area contributed by atoms with Crippen molar-refractivity contribution in [2.75, 3.05) is 11.9 Å². The summed E-state index contributed by atoms with van der Waals surface area (Å²) in [4.78, 5) is 4.39.